The van der Waals surface area contributed by atoms with Crippen molar-refractivity contribution in [1.82, 2.24) is 15.2 Å². The van der Waals surface area contributed by atoms with Crippen LogP contribution in [0.25, 0.3) is 5.69 Å². The number of rotatable bonds is 7. The van der Waals surface area contributed by atoms with Crippen LogP contribution >= 0.6 is 11.6 Å². The molecule has 9 nitrogen and oxygen atoms in total. The van der Waals surface area contributed by atoms with Crippen LogP contribution in [0.1, 0.15) is 11.3 Å². The molecular weight excluding hydrogens is 398 g/mol. The lowest BCUT2D eigenvalue weighted by atomic mass is 10.3. The monoisotopic (exact) mass is 413 g/mol. The van der Waals surface area contributed by atoms with Gasteiger partial charge in [0.2, 0.25) is 0 Å². The number of aromatic nitrogens is 2. The van der Waals surface area contributed by atoms with E-state index in [1.165, 1.54) is 30.5 Å². The summed E-state index contributed by atoms with van der Waals surface area (Å²) in [6, 6.07) is 14.9. The molecule has 0 aliphatic heterocycles. The van der Waals surface area contributed by atoms with E-state index in [2.05, 4.69) is 15.6 Å². The van der Waals surface area contributed by atoms with Crippen molar-refractivity contribution in [2.45, 2.75) is 6.92 Å². The van der Waals surface area contributed by atoms with Gasteiger partial charge in [-0.2, -0.15) is 10.2 Å². The molecule has 1 N–H and O–H groups in total. The summed E-state index contributed by atoms with van der Waals surface area (Å²) in [7, 11) is 0. The zero-order valence-corrected chi connectivity index (χ0v) is 16.0. The Kier molecular flexibility index (Phi) is 6.20. The summed E-state index contributed by atoms with van der Waals surface area (Å²) in [5.41, 5.74) is 4.20. The third-order valence-corrected chi connectivity index (χ3v) is 4.19. The van der Waals surface area contributed by atoms with Crippen molar-refractivity contribution in [2.75, 3.05) is 6.61 Å². The summed E-state index contributed by atoms with van der Waals surface area (Å²) >= 11 is 6.38. The number of para-hydroxylation sites is 1. The van der Waals surface area contributed by atoms with E-state index in [-0.39, 0.29) is 18.0 Å². The minimum absolute atomic E-state index is 0.124. The molecular formula is C19H16ClN5O4. The fraction of sp³-hybridized carbons (Fsp3) is 0.105. The fourth-order valence-corrected chi connectivity index (χ4v) is 2.76. The SMILES string of the molecule is Cc1nn(-c2ccccc2)c(Cl)c1C=NNC(=O)COc1cccc([N+](=O)[O-])c1. The number of hydrogen-bond donors (Lipinski definition) is 1. The Hall–Kier alpha value is -3.72. The van der Waals surface area contributed by atoms with Gasteiger partial charge in [0, 0.05) is 6.07 Å². The number of ether oxygens (including phenoxy) is 1. The molecule has 3 rings (SSSR count). The molecule has 0 atom stereocenters. The number of nitrogens with one attached hydrogen (secondary N) is 1. The van der Waals surface area contributed by atoms with E-state index in [1.807, 2.05) is 30.3 Å². The number of non-ortho nitro benzene ring substituents is 1. The van der Waals surface area contributed by atoms with Gasteiger partial charge in [-0.25, -0.2) is 10.1 Å². The predicted octanol–water partition coefficient (Wildman–Crippen LogP) is 3.27. The highest BCUT2D eigenvalue weighted by Crippen LogP contribution is 2.22. The number of hydrazone groups is 1. The van der Waals surface area contributed by atoms with Gasteiger partial charge in [-0.05, 0) is 25.1 Å². The van der Waals surface area contributed by atoms with Crippen molar-refractivity contribution in [3.63, 3.8) is 0 Å². The highest BCUT2D eigenvalue weighted by molar-refractivity contribution is 6.32. The number of benzene rings is 2. The zero-order valence-electron chi connectivity index (χ0n) is 15.3. The summed E-state index contributed by atoms with van der Waals surface area (Å²) in [5.74, 6) is -0.321. The molecule has 3 aromatic rings. The maximum Gasteiger partial charge on any atom is 0.277 e. The molecule has 148 valence electrons. The highest BCUT2D eigenvalue weighted by Gasteiger charge is 2.13. The first-order chi connectivity index (χ1) is 14.0. The standard InChI is InChI=1S/C19H16ClN5O4/c1-13-17(19(20)24(23-13)14-6-3-2-4-7-14)11-21-22-18(26)12-29-16-9-5-8-15(10-16)25(27)28/h2-11H,12H2,1H3,(H,22,26). The number of hydrogen-bond acceptors (Lipinski definition) is 6. The summed E-state index contributed by atoms with van der Waals surface area (Å²) in [5, 5.41) is 19.4. The van der Waals surface area contributed by atoms with Crippen LogP contribution in [-0.4, -0.2) is 33.4 Å². The molecule has 2 aromatic carbocycles. The third-order valence-electron chi connectivity index (χ3n) is 3.83. The number of nitrogens with zero attached hydrogens (tertiary/aromatic N) is 4. The summed E-state index contributed by atoms with van der Waals surface area (Å²) in [6.07, 6.45) is 1.40. The number of nitro groups is 1. The Morgan fingerprint density at radius 2 is 2.07 bits per heavy atom. The second-order valence-electron chi connectivity index (χ2n) is 5.87. The Morgan fingerprint density at radius 3 is 2.79 bits per heavy atom. The molecule has 0 spiro atoms. The topological polar surface area (TPSA) is 112 Å². The lowest BCUT2D eigenvalue weighted by Crippen LogP contribution is -2.24. The van der Waals surface area contributed by atoms with Gasteiger partial charge in [-0.15, -0.1) is 0 Å². The highest BCUT2D eigenvalue weighted by atomic mass is 35.5. The number of halogens is 1. The summed E-state index contributed by atoms with van der Waals surface area (Å²) in [4.78, 5) is 22.1. The van der Waals surface area contributed by atoms with Crippen LogP contribution in [0.5, 0.6) is 5.75 Å². The second-order valence-corrected chi connectivity index (χ2v) is 6.23. The summed E-state index contributed by atoms with van der Waals surface area (Å²) < 4.78 is 6.81. The maximum absolute atomic E-state index is 11.9. The van der Waals surface area contributed by atoms with Gasteiger partial charge in [0.25, 0.3) is 11.6 Å². The molecule has 0 bridgehead atoms. The molecule has 0 unspecified atom stereocenters. The van der Waals surface area contributed by atoms with Gasteiger partial charge in [0.15, 0.2) is 6.61 Å². The molecule has 1 amide bonds. The van der Waals surface area contributed by atoms with E-state index in [0.29, 0.717) is 16.4 Å². The van der Waals surface area contributed by atoms with E-state index in [0.717, 1.165) is 5.69 Å². The Balaban J connectivity index is 1.60. The molecule has 0 saturated carbocycles. The Labute approximate surface area is 170 Å². The van der Waals surface area contributed by atoms with Gasteiger partial charge in [0.05, 0.1) is 34.1 Å². The van der Waals surface area contributed by atoms with Gasteiger partial charge in [-0.3, -0.25) is 14.9 Å². The van der Waals surface area contributed by atoms with Crippen LogP contribution in [0.2, 0.25) is 5.15 Å². The average Bonchev–Trinajstić information content (AvgIpc) is 3.01. The maximum atomic E-state index is 11.9. The van der Waals surface area contributed by atoms with Crippen LogP contribution < -0.4 is 10.2 Å². The van der Waals surface area contributed by atoms with Crippen molar-refractivity contribution in [2.24, 2.45) is 5.10 Å². The van der Waals surface area contributed by atoms with Gasteiger partial charge < -0.3 is 4.74 Å². The van der Waals surface area contributed by atoms with Gasteiger partial charge >= 0.3 is 0 Å². The van der Waals surface area contributed by atoms with Crippen molar-refractivity contribution < 1.29 is 14.5 Å². The molecule has 0 saturated heterocycles. The predicted molar refractivity (Wildman–Crippen MR) is 108 cm³/mol. The van der Waals surface area contributed by atoms with Crippen molar-refractivity contribution in [3.8, 4) is 11.4 Å². The normalized spacial score (nSPS) is 10.8. The Bertz CT molecular complexity index is 1070. The first-order valence-corrected chi connectivity index (χ1v) is 8.83. The van der Waals surface area contributed by atoms with Gasteiger partial charge in [-0.1, -0.05) is 35.9 Å². The smallest absolute Gasteiger partial charge is 0.277 e. The van der Waals surface area contributed by atoms with Crippen LogP contribution in [0, 0.1) is 17.0 Å². The lowest BCUT2D eigenvalue weighted by Gasteiger charge is -2.04. The van der Waals surface area contributed by atoms with Crippen LogP contribution in [-0.2, 0) is 4.79 Å². The van der Waals surface area contributed by atoms with E-state index >= 15 is 0 Å². The minimum atomic E-state index is -0.543. The van der Waals surface area contributed by atoms with E-state index in [1.54, 1.807) is 11.6 Å². The number of carbonyl (C=O) groups is 1. The van der Waals surface area contributed by atoms with Crippen LogP contribution in [0.15, 0.2) is 59.7 Å². The molecule has 0 radical (unpaired) electrons. The zero-order chi connectivity index (χ0) is 20.8. The molecule has 0 aliphatic rings. The van der Waals surface area contributed by atoms with E-state index < -0.39 is 10.8 Å². The molecule has 1 heterocycles. The molecule has 10 heteroatoms. The minimum Gasteiger partial charge on any atom is -0.483 e. The quantitative estimate of drug-likeness (QED) is 0.363. The first-order valence-electron chi connectivity index (χ1n) is 8.45. The van der Waals surface area contributed by atoms with E-state index in [4.69, 9.17) is 16.3 Å². The largest absolute Gasteiger partial charge is 0.483 e. The van der Waals surface area contributed by atoms with Crippen LogP contribution in [0.3, 0.4) is 0 Å². The number of aryl methyl sites for hydroxylation is 1. The van der Waals surface area contributed by atoms with Crippen molar-refractivity contribution in [1.29, 1.82) is 0 Å². The molecule has 29 heavy (non-hydrogen) atoms. The van der Waals surface area contributed by atoms with Crippen LogP contribution in [0.4, 0.5) is 5.69 Å². The summed E-state index contributed by atoms with van der Waals surface area (Å²) in [6.45, 7) is 1.43. The number of carbonyl (C=O) groups excluding carboxylic acids is 1. The molecule has 1 aromatic heterocycles. The first kappa shape index (κ1) is 20.0. The fourth-order valence-electron chi connectivity index (χ4n) is 2.43. The third kappa shape index (κ3) is 4.96. The molecule has 0 aliphatic carbocycles. The molecule has 0 fully saturated rings. The van der Waals surface area contributed by atoms with Gasteiger partial charge in [0.1, 0.15) is 10.9 Å². The number of nitro benzene ring substituents is 1. The van der Waals surface area contributed by atoms with E-state index in [9.17, 15) is 14.9 Å². The Morgan fingerprint density at radius 1 is 1.31 bits per heavy atom. The number of amides is 1. The van der Waals surface area contributed by atoms with Crippen molar-refractivity contribution >= 4 is 29.4 Å². The average molecular weight is 414 g/mol. The van der Waals surface area contributed by atoms with Crippen molar-refractivity contribution in [3.05, 3.63) is 81.1 Å². The second kappa shape index (κ2) is 8.98. The lowest BCUT2D eigenvalue weighted by molar-refractivity contribution is -0.384.